The largest absolute Gasteiger partial charge is 0.393 e. The summed E-state index contributed by atoms with van der Waals surface area (Å²) < 4.78 is 0. The quantitative estimate of drug-likeness (QED) is 0.490. The molecule has 3 rings (SSSR count). The molecular formula is C28H44O2. The molecule has 0 amide bonds. The highest BCUT2D eigenvalue weighted by Crippen LogP contribution is 2.59. The molecule has 0 aromatic carbocycles. The number of allylic oxidation sites excluding steroid dienone is 5. The Morgan fingerprint density at radius 3 is 2.53 bits per heavy atom. The first kappa shape index (κ1) is 23.5. The third kappa shape index (κ3) is 5.02. The van der Waals surface area contributed by atoms with Crippen LogP contribution >= 0.6 is 0 Å². The number of aliphatic hydroxyl groups excluding tert-OH is 1. The van der Waals surface area contributed by atoms with Gasteiger partial charge < -0.3 is 10.2 Å². The SMILES string of the molecule is C=C1CC[C@H](O)C/C1=C\C=C1/CCC[C@@]2(C)C1CC[C@@H]2[C@H](C)/C=C/[C@H](C)C(C)(C)O. The van der Waals surface area contributed by atoms with Gasteiger partial charge >= 0.3 is 0 Å². The summed E-state index contributed by atoms with van der Waals surface area (Å²) in [6.07, 6.45) is 18.0. The van der Waals surface area contributed by atoms with Crippen LogP contribution in [0.15, 0.2) is 47.6 Å². The van der Waals surface area contributed by atoms with Crippen LogP contribution in [0.4, 0.5) is 0 Å². The zero-order valence-corrected chi connectivity index (χ0v) is 20.0. The highest BCUT2D eigenvalue weighted by Gasteiger charge is 2.50. The van der Waals surface area contributed by atoms with Gasteiger partial charge in [0.2, 0.25) is 0 Å². The van der Waals surface area contributed by atoms with Gasteiger partial charge in [-0.15, -0.1) is 0 Å². The molecule has 2 heteroatoms. The minimum atomic E-state index is -0.663. The van der Waals surface area contributed by atoms with E-state index in [-0.39, 0.29) is 12.0 Å². The molecule has 0 aromatic heterocycles. The van der Waals surface area contributed by atoms with Crippen molar-refractivity contribution in [3.8, 4) is 0 Å². The van der Waals surface area contributed by atoms with E-state index in [0.717, 1.165) is 19.3 Å². The molecule has 2 nitrogen and oxygen atoms in total. The third-order valence-corrected chi connectivity index (χ3v) is 8.68. The van der Waals surface area contributed by atoms with Crippen molar-refractivity contribution in [2.45, 2.75) is 97.7 Å². The van der Waals surface area contributed by atoms with Crippen LogP contribution in [0.1, 0.15) is 86.0 Å². The van der Waals surface area contributed by atoms with Crippen molar-refractivity contribution in [2.75, 3.05) is 0 Å². The minimum absolute atomic E-state index is 0.164. The molecule has 0 radical (unpaired) electrons. The Bertz CT molecular complexity index is 719. The van der Waals surface area contributed by atoms with Crippen LogP contribution in [0.3, 0.4) is 0 Å². The van der Waals surface area contributed by atoms with Crippen molar-refractivity contribution in [1.29, 1.82) is 0 Å². The normalized spacial score (nSPS) is 37.7. The Balaban J connectivity index is 1.75. The van der Waals surface area contributed by atoms with E-state index in [4.69, 9.17) is 0 Å². The van der Waals surface area contributed by atoms with E-state index in [0.29, 0.717) is 23.2 Å². The van der Waals surface area contributed by atoms with E-state index in [1.165, 1.54) is 43.3 Å². The van der Waals surface area contributed by atoms with Crippen molar-refractivity contribution >= 4 is 0 Å². The minimum Gasteiger partial charge on any atom is -0.393 e. The fourth-order valence-electron chi connectivity index (χ4n) is 6.25. The van der Waals surface area contributed by atoms with Crippen LogP contribution in [-0.4, -0.2) is 21.9 Å². The molecule has 3 saturated carbocycles. The van der Waals surface area contributed by atoms with Crippen molar-refractivity contribution in [3.63, 3.8) is 0 Å². The molecule has 0 aromatic rings. The second kappa shape index (κ2) is 9.17. The Morgan fingerprint density at radius 1 is 1.10 bits per heavy atom. The zero-order chi connectivity index (χ0) is 22.1. The maximum Gasteiger partial charge on any atom is 0.0651 e. The highest BCUT2D eigenvalue weighted by atomic mass is 16.3. The summed E-state index contributed by atoms with van der Waals surface area (Å²) in [6, 6.07) is 0. The molecule has 3 aliphatic rings. The van der Waals surface area contributed by atoms with Gasteiger partial charge in [0.15, 0.2) is 0 Å². The first-order valence-corrected chi connectivity index (χ1v) is 12.2. The predicted octanol–water partition coefficient (Wildman–Crippen LogP) is 6.76. The van der Waals surface area contributed by atoms with E-state index >= 15 is 0 Å². The van der Waals surface area contributed by atoms with Gasteiger partial charge in [0.25, 0.3) is 0 Å². The van der Waals surface area contributed by atoms with Crippen LogP contribution in [0.2, 0.25) is 0 Å². The number of hydrogen-bond acceptors (Lipinski definition) is 2. The molecule has 0 heterocycles. The lowest BCUT2D eigenvalue weighted by molar-refractivity contribution is 0.0436. The van der Waals surface area contributed by atoms with Crippen molar-refractivity contribution in [1.82, 2.24) is 0 Å². The summed E-state index contributed by atoms with van der Waals surface area (Å²) >= 11 is 0. The van der Waals surface area contributed by atoms with Gasteiger partial charge in [-0.25, -0.2) is 0 Å². The maximum atomic E-state index is 10.3. The lowest BCUT2D eigenvalue weighted by Gasteiger charge is -2.44. The second-order valence-corrected chi connectivity index (χ2v) is 11.2. The molecule has 0 saturated heterocycles. The van der Waals surface area contributed by atoms with Crippen LogP contribution in [-0.2, 0) is 0 Å². The summed E-state index contributed by atoms with van der Waals surface area (Å²) in [5, 5.41) is 20.3. The lowest BCUT2D eigenvalue weighted by atomic mass is 9.61. The first-order chi connectivity index (χ1) is 14.0. The number of rotatable bonds is 5. The van der Waals surface area contributed by atoms with Gasteiger partial charge in [-0.05, 0) is 94.0 Å². The smallest absolute Gasteiger partial charge is 0.0651 e. The van der Waals surface area contributed by atoms with E-state index in [1.807, 2.05) is 13.8 Å². The zero-order valence-electron chi connectivity index (χ0n) is 20.0. The maximum absolute atomic E-state index is 10.3. The topological polar surface area (TPSA) is 40.5 Å². The number of aliphatic hydroxyl groups is 2. The van der Waals surface area contributed by atoms with Gasteiger partial charge in [-0.3, -0.25) is 0 Å². The Morgan fingerprint density at radius 2 is 1.83 bits per heavy atom. The summed E-state index contributed by atoms with van der Waals surface area (Å²) in [4.78, 5) is 0. The van der Waals surface area contributed by atoms with Crippen molar-refractivity contribution in [2.24, 2.45) is 29.1 Å². The molecule has 168 valence electrons. The molecule has 6 atom stereocenters. The molecular weight excluding hydrogens is 368 g/mol. The van der Waals surface area contributed by atoms with Crippen molar-refractivity contribution in [3.05, 3.63) is 47.6 Å². The Kier molecular flexibility index (Phi) is 7.19. The predicted molar refractivity (Wildman–Crippen MR) is 127 cm³/mol. The standard InChI is InChI=1S/C28H44O2/c1-19-10-14-24(29)18-23(19)13-12-22-8-7-17-28(6)25(15-16-26(22)28)20(2)9-11-21(3)27(4,5)30/h9,11-13,20-21,24-26,29-30H,1,7-8,10,14-18H2,2-6H3/b11-9+,22-12+,23-13+/t20-,21+,24+,25-,26?,28-/m1/s1. The van der Waals surface area contributed by atoms with Crippen molar-refractivity contribution < 1.29 is 10.2 Å². The molecule has 30 heavy (non-hydrogen) atoms. The van der Waals surface area contributed by atoms with Crippen LogP contribution in [0, 0.1) is 29.1 Å². The van der Waals surface area contributed by atoms with E-state index in [9.17, 15) is 10.2 Å². The van der Waals surface area contributed by atoms with Gasteiger partial charge in [-0.2, -0.15) is 0 Å². The van der Waals surface area contributed by atoms with Gasteiger partial charge in [0, 0.05) is 5.92 Å². The lowest BCUT2D eigenvalue weighted by Crippen LogP contribution is -2.35. The Labute approximate surface area is 184 Å². The van der Waals surface area contributed by atoms with Crippen LogP contribution in [0.25, 0.3) is 0 Å². The van der Waals surface area contributed by atoms with E-state index in [2.05, 4.69) is 51.7 Å². The molecule has 1 unspecified atom stereocenters. The summed E-state index contributed by atoms with van der Waals surface area (Å²) in [5.74, 6) is 2.08. The Hall–Kier alpha value is -1.12. The molecule has 3 fully saturated rings. The van der Waals surface area contributed by atoms with Crippen LogP contribution < -0.4 is 0 Å². The van der Waals surface area contributed by atoms with E-state index in [1.54, 1.807) is 5.57 Å². The summed E-state index contributed by atoms with van der Waals surface area (Å²) in [7, 11) is 0. The first-order valence-electron chi connectivity index (χ1n) is 12.2. The summed E-state index contributed by atoms with van der Waals surface area (Å²) in [5.41, 5.74) is 3.78. The summed E-state index contributed by atoms with van der Waals surface area (Å²) in [6.45, 7) is 15.0. The fraction of sp³-hybridized carbons (Fsp3) is 0.714. The third-order valence-electron chi connectivity index (χ3n) is 8.68. The number of fused-ring (bicyclic) bond motifs is 1. The second-order valence-electron chi connectivity index (χ2n) is 11.2. The average Bonchev–Trinajstić information content (AvgIpc) is 3.03. The molecule has 2 N–H and O–H groups in total. The van der Waals surface area contributed by atoms with Gasteiger partial charge in [-0.1, -0.05) is 62.8 Å². The fourth-order valence-corrected chi connectivity index (χ4v) is 6.25. The monoisotopic (exact) mass is 412 g/mol. The van der Waals surface area contributed by atoms with Crippen LogP contribution in [0.5, 0.6) is 0 Å². The molecule has 0 bridgehead atoms. The van der Waals surface area contributed by atoms with Gasteiger partial charge in [0.1, 0.15) is 0 Å². The molecule has 0 spiro atoms. The van der Waals surface area contributed by atoms with Gasteiger partial charge in [0.05, 0.1) is 11.7 Å². The van der Waals surface area contributed by atoms with E-state index < -0.39 is 5.60 Å². The highest BCUT2D eigenvalue weighted by molar-refractivity contribution is 5.36. The molecule has 3 aliphatic carbocycles. The molecule has 0 aliphatic heterocycles. The average molecular weight is 413 g/mol. The number of hydrogen-bond donors (Lipinski definition) is 2.